The fourth-order valence-corrected chi connectivity index (χ4v) is 4.36. The van der Waals surface area contributed by atoms with Crippen molar-refractivity contribution in [2.75, 3.05) is 32.7 Å². The number of likely N-dealkylation sites (N-methyl/N-ethyl adjacent to an activating group) is 1. The van der Waals surface area contributed by atoms with Crippen LogP contribution in [0.15, 0.2) is 30.3 Å². The van der Waals surface area contributed by atoms with Crippen LogP contribution in [0.2, 0.25) is 0 Å². The zero-order valence-electron chi connectivity index (χ0n) is 15.1. The third kappa shape index (κ3) is 4.34. The highest BCUT2D eigenvalue weighted by atomic mass is 16.5. The van der Waals surface area contributed by atoms with Gasteiger partial charge in [-0.15, -0.1) is 0 Å². The van der Waals surface area contributed by atoms with Crippen LogP contribution in [0.1, 0.15) is 45.6 Å². The van der Waals surface area contributed by atoms with E-state index in [9.17, 15) is 0 Å². The monoisotopic (exact) mass is 316 g/mol. The molecular formula is C20H32N2O. The first-order valence-electron chi connectivity index (χ1n) is 9.19. The largest absolute Gasteiger partial charge is 0.366 e. The maximum Gasteiger partial charge on any atom is 0.0829 e. The molecule has 3 heteroatoms. The molecule has 0 saturated carbocycles. The van der Waals surface area contributed by atoms with E-state index in [1.54, 1.807) is 0 Å². The second-order valence-corrected chi connectivity index (χ2v) is 7.96. The molecule has 0 amide bonds. The van der Waals surface area contributed by atoms with Crippen molar-refractivity contribution in [3.05, 3.63) is 35.9 Å². The predicted octanol–water partition coefficient (Wildman–Crippen LogP) is 3.54. The van der Waals surface area contributed by atoms with Crippen molar-refractivity contribution in [1.82, 2.24) is 9.80 Å². The van der Waals surface area contributed by atoms with Gasteiger partial charge < -0.3 is 4.74 Å². The number of benzene rings is 1. The van der Waals surface area contributed by atoms with Crippen molar-refractivity contribution >= 4 is 0 Å². The molecule has 2 aliphatic rings. The van der Waals surface area contributed by atoms with E-state index in [-0.39, 0.29) is 11.2 Å². The van der Waals surface area contributed by atoms with Crippen molar-refractivity contribution < 1.29 is 4.74 Å². The fraction of sp³-hybridized carbons (Fsp3) is 0.700. The van der Waals surface area contributed by atoms with E-state index in [0.29, 0.717) is 0 Å². The van der Waals surface area contributed by atoms with Gasteiger partial charge in [0.15, 0.2) is 0 Å². The summed E-state index contributed by atoms with van der Waals surface area (Å²) in [4.78, 5) is 5.18. The average Bonchev–Trinajstić information content (AvgIpc) is 2.69. The molecule has 23 heavy (non-hydrogen) atoms. The van der Waals surface area contributed by atoms with Gasteiger partial charge in [-0.25, -0.2) is 0 Å². The van der Waals surface area contributed by atoms with Gasteiger partial charge in [0.25, 0.3) is 0 Å². The minimum Gasteiger partial charge on any atom is -0.366 e. The molecule has 3 rings (SSSR count). The van der Waals surface area contributed by atoms with Gasteiger partial charge in [-0.05, 0) is 51.8 Å². The van der Waals surface area contributed by atoms with Gasteiger partial charge in [-0.1, -0.05) is 37.3 Å². The lowest BCUT2D eigenvalue weighted by Gasteiger charge is -2.50. The standard InChI is InChI=1S/C20H32N2O/c1-4-21-16-19(2,3)23-20(17-21)11-8-13-22(14-12-20)15-18-9-6-5-7-10-18/h5-7,9-10H,4,8,11-17H2,1-3H3. The Morgan fingerprint density at radius 2 is 1.78 bits per heavy atom. The average molecular weight is 316 g/mol. The van der Waals surface area contributed by atoms with Gasteiger partial charge >= 0.3 is 0 Å². The van der Waals surface area contributed by atoms with Crippen molar-refractivity contribution in [3.63, 3.8) is 0 Å². The smallest absolute Gasteiger partial charge is 0.0829 e. The number of hydrogen-bond donors (Lipinski definition) is 0. The topological polar surface area (TPSA) is 15.7 Å². The lowest BCUT2D eigenvalue weighted by atomic mass is 9.89. The molecule has 0 radical (unpaired) electrons. The molecule has 2 aliphatic heterocycles. The van der Waals surface area contributed by atoms with Gasteiger partial charge in [0.1, 0.15) is 0 Å². The van der Waals surface area contributed by atoms with E-state index in [2.05, 4.69) is 60.9 Å². The quantitative estimate of drug-likeness (QED) is 0.848. The van der Waals surface area contributed by atoms with Crippen LogP contribution in [0.3, 0.4) is 0 Å². The first-order chi connectivity index (χ1) is 11.0. The van der Waals surface area contributed by atoms with Crippen LogP contribution in [0, 0.1) is 0 Å². The second kappa shape index (κ2) is 6.92. The van der Waals surface area contributed by atoms with Crippen LogP contribution < -0.4 is 0 Å². The van der Waals surface area contributed by atoms with Gasteiger partial charge in [-0.3, -0.25) is 9.80 Å². The highest BCUT2D eigenvalue weighted by molar-refractivity contribution is 5.14. The molecule has 1 aromatic rings. The van der Waals surface area contributed by atoms with E-state index in [1.165, 1.54) is 24.9 Å². The van der Waals surface area contributed by atoms with E-state index in [0.717, 1.165) is 39.1 Å². The van der Waals surface area contributed by atoms with Gasteiger partial charge in [0.05, 0.1) is 11.2 Å². The lowest BCUT2D eigenvalue weighted by molar-refractivity contribution is -0.200. The first-order valence-corrected chi connectivity index (χ1v) is 9.19. The van der Waals surface area contributed by atoms with Gasteiger partial charge in [0, 0.05) is 26.2 Å². The summed E-state index contributed by atoms with van der Waals surface area (Å²) in [6.45, 7) is 13.5. The molecule has 1 atom stereocenters. The number of hydrogen-bond acceptors (Lipinski definition) is 3. The van der Waals surface area contributed by atoms with E-state index >= 15 is 0 Å². The Hall–Kier alpha value is -0.900. The molecule has 1 unspecified atom stereocenters. The Bertz CT molecular complexity index is 502. The zero-order valence-corrected chi connectivity index (χ0v) is 15.1. The van der Waals surface area contributed by atoms with Crippen LogP contribution in [-0.4, -0.2) is 53.7 Å². The van der Waals surface area contributed by atoms with Crippen LogP contribution in [0.5, 0.6) is 0 Å². The molecule has 0 N–H and O–H groups in total. The summed E-state index contributed by atoms with van der Waals surface area (Å²) >= 11 is 0. The normalized spacial score (nSPS) is 29.5. The molecular weight excluding hydrogens is 284 g/mol. The van der Waals surface area contributed by atoms with Crippen LogP contribution in [0.25, 0.3) is 0 Å². The van der Waals surface area contributed by atoms with Crippen molar-refractivity contribution in [1.29, 1.82) is 0 Å². The lowest BCUT2D eigenvalue weighted by Crippen LogP contribution is -2.59. The molecule has 2 heterocycles. The van der Waals surface area contributed by atoms with Gasteiger partial charge in [-0.2, -0.15) is 0 Å². The number of morpholine rings is 1. The molecule has 128 valence electrons. The maximum absolute atomic E-state index is 6.64. The van der Waals surface area contributed by atoms with E-state index in [4.69, 9.17) is 4.74 Å². The first kappa shape index (κ1) is 16.9. The Labute approximate surface area is 141 Å². The maximum atomic E-state index is 6.64. The molecule has 0 bridgehead atoms. The summed E-state index contributed by atoms with van der Waals surface area (Å²) in [5, 5.41) is 0. The number of rotatable bonds is 3. The molecule has 1 spiro atoms. The summed E-state index contributed by atoms with van der Waals surface area (Å²) in [5.74, 6) is 0. The minimum atomic E-state index is -0.0249. The fourth-order valence-electron chi connectivity index (χ4n) is 4.36. The molecule has 0 aliphatic carbocycles. The Kier molecular flexibility index (Phi) is 5.10. The third-order valence-electron chi connectivity index (χ3n) is 5.30. The Morgan fingerprint density at radius 3 is 2.52 bits per heavy atom. The predicted molar refractivity (Wildman–Crippen MR) is 95.6 cm³/mol. The highest BCUT2D eigenvalue weighted by Gasteiger charge is 2.44. The molecule has 2 fully saturated rings. The molecule has 1 aromatic carbocycles. The van der Waals surface area contributed by atoms with E-state index in [1.807, 2.05) is 0 Å². The van der Waals surface area contributed by atoms with Gasteiger partial charge in [0.2, 0.25) is 0 Å². The van der Waals surface area contributed by atoms with E-state index < -0.39 is 0 Å². The summed E-state index contributed by atoms with van der Waals surface area (Å²) in [7, 11) is 0. The highest BCUT2D eigenvalue weighted by Crippen LogP contribution is 2.36. The molecule has 2 saturated heterocycles. The number of ether oxygens (including phenoxy) is 1. The van der Waals surface area contributed by atoms with Crippen LogP contribution >= 0.6 is 0 Å². The molecule has 3 nitrogen and oxygen atoms in total. The summed E-state index contributed by atoms with van der Waals surface area (Å²) in [6, 6.07) is 10.8. The number of nitrogens with zero attached hydrogens (tertiary/aromatic N) is 2. The number of likely N-dealkylation sites (tertiary alicyclic amines) is 1. The second-order valence-electron chi connectivity index (χ2n) is 7.96. The zero-order chi connectivity index (χ0) is 16.3. The van der Waals surface area contributed by atoms with Crippen molar-refractivity contribution in [2.24, 2.45) is 0 Å². The third-order valence-corrected chi connectivity index (χ3v) is 5.30. The molecule has 0 aromatic heterocycles. The Morgan fingerprint density at radius 1 is 1.00 bits per heavy atom. The SMILES string of the molecule is CCN1CC(C)(C)OC2(CCCN(Cc3ccccc3)CC2)C1. The summed E-state index contributed by atoms with van der Waals surface area (Å²) < 4.78 is 6.64. The minimum absolute atomic E-state index is 0.0249. The summed E-state index contributed by atoms with van der Waals surface area (Å²) in [5.41, 5.74) is 1.45. The summed E-state index contributed by atoms with van der Waals surface area (Å²) in [6.07, 6.45) is 3.58. The van der Waals surface area contributed by atoms with Crippen LogP contribution in [-0.2, 0) is 11.3 Å². The van der Waals surface area contributed by atoms with Crippen molar-refractivity contribution in [2.45, 2.75) is 57.8 Å². The van der Waals surface area contributed by atoms with Crippen LogP contribution in [0.4, 0.5) is 0 Å². The Balaban J connectivity index is 1.65. The van der Waals surface area contributed by atoms with Crippen molar-refractivity contribution in [3.8, 4) is 0 Å².